The summed E-state index contributed by atoms with van der Waals surface area (Å²) in [6.07, 6.45) is 5.21. The molecule has 1 aromatic carbocycles. The van der Waals surface area contributed by atoms with Crippen LogP contribution in [0, 0.1) is 0 Å². The van der Waals surface area contributed by atoms with Crippen LogP contribution in [0.2, 0.25) is 10.0 Å². The molecule has 1 N–H and O–H groups in total. The minimum absolute atomic E-state index is 0.0827. The molecule has 2 aromatic rings. The van der Waals surface area contributed by atoms with Gasteiger partial charge in [-0.15, -0.1) is 0 Å². The number of carbonyl (C=O) groups excluding carboxylic acids is 1. The minimum Gasteiger partial charge on any atom is -0.484 e. The Kier molecular flexibility index (Phi) is 5.26. The van der Waals surface area contributed by atoms with Gasteiger partial charge in [-0.1, -0.05) is 23.2 Å². The second-order valence-electron chi connectivity index (χ2n) is 4.04. The van der Waals surface area contributed by atoms with E-state index in [-0.39, 0.29) is 12.5 Å². The zero-order valence-electron chi connectivity index (χ0n) is 10.6. The van der Waals surface area contributed by atoms with Crippen LogP contribution in [-0.4, -0.2) is 28.6 Å². The first-order valence-corrected chi connectivity index (χ1v) is 6.70. The number of halogens is 2. The van der Waals surface area contributed by atoms with Crippen molar-refractivity contribution in [1.29, 1.82) is 0 Å². The third kappa shape index (κ3) is 4.75. The van der Waals surface area contributed by atoms with Gasteiger partial charge in [-0.3, -0.25) is 4.79 Å². The molecule has 0 atom stereocenters. The topological polar surface area (TPSA) is 56.1 Å². The molecule has 0 fully saturated rings. The van der Waals surface area contributed by atoms with E-state index in [1.165, 1.54) is 0 Å². The molecular weight excluding hydrogens is 301 g/mol. The highest BCUT2D eigenvalue weighted by atomic mass is 35.5. The molecule has 20 heavy (non-hydrogen) atoms. The molecule has 106 valence electrons. The van der Waals surface area contributed by atoms with Crippen molar-refractivity contribution in [3.8, 4) is 5.75 Å². The standard InChI is InChI=1S/C13H13Cl2N3O2/c14-10-5-11(15)7-12(6-10)20-8-13(19)17-2-4-18-3-1-16-9-18/h1,3,5-7,9H,2,4,8H2,(H,17,19). The molecule has 0 radical (unpaired) electrons. The summed E-state index contributed by atoms with van der Waals surface area (Å²) in [6, 6.07) is 4.81. The molecule has 0 bridgehead atoms. The number of amides is 1. The number of benzene rings is 1. The van der Waals surface area contributed by atoms with Crippen LogP contribution >= 0.6 is 23.2 Å². The average molecular weight is 314 g/mol. The maximum atomic E-state index is 11.6. The summed E-state index contributed by atoms with van der Waals surface area (Å²) in [6.45, 7) is 1.09. The normalized spacial score (nSPS) is 10.3. The van der Waals surface area contributed by atoms with Gasteiger partial charge in [0, 0.05) is 35.5 Å². The molecule has 0 saturated carbocycles. The number of aromatic nitrogens is 2. The summed E-state index contributed by atoms with van der Waals surface area (Å²) >= 11 is 11.7. The molecule has 0 saturated heterocycles. The lowest BCUT2D eigenvalue weighted by molar-refractivity contribution is -0.123. The average Bonchev–Trinajstić information content (AvgIpc) is 2.88. The van der Waals surface area contributed by atoms with Gasteiger partial charge in [0.05, 0.1) is 6.33 Å². The van der Waals surface area contributed by atoms with E-state index in [2.05, 4.69) is 10.3 Å². The van der Waals surface area contributed by atoms with Crippen LogP contribution in [0.3, 0.4) is 0 Å². The Hall–Kier alpha value is -1.72. The van der Waals surface area contributed by atoms with Gasteiger partial charge in [0.2, 0.25) is 0 Å². The van der Waals surface area contributed by atoms with Gasteiger partial charge in [0.25, 0.3) is 5.91 Å². The van der Waals surface area contributed by atoms with Crippen LogP contribution in [0.1, 0.15) is 0 Å². The molecule has 0 aliphatic rings. The highest BCUT2D eigenvalue weighted by Gasteiger charge is 2.04. The Morgan fingerprint density at radius 3 is 2.70 bits per heavy atom. The molecule has 0 aliphatic carbocycles. The Morgan fingerprint density at radius 2 is 2.05 bits per heavy atom. The smallest absolute Gasteiger partial charge is 0.258 e. The van der Waals surface area contributed by atoms with Gasteiger partial charge in [0.1, 0.15) is 5.75 Å². The van der Waals surface area contributed by atoms with E-state index in [0.29, 0.717) is 28.9 Å². The molecule has 0 spiro atoms. The van der Waals surface area contributed by atoms with Crippen molar-refractivity contribution in [2.75, 3.05) is 13.2 Å². The summed E-state index contributed by atoms with van der Waals surface area (Å²) in [5, 5.41) is 3.67. The third-order valence-electron chi connectivity index (χ3n) is 2.46. The monoisotopic (exact) mass is 313 g/mol. The summed E-state index contributed by atoms with van der Waals surface area (Å²) in [5.74, 6) is 0.258. The summed E-state index contributed by atoms with van der Waals surface area (Å²) in [5.41, 5.74) is 0. The highest BCUT2D eigenvalue weighted by Crippen LogP contribution is 2.23. The van der Waals surface area contributed by atoms with Gasteiger partial charge in [0.15, 0.2) is 6.61 Å². The van der Waals surface area contributed by atoms with Gasteiger partial charge in [-0.25, -0.2) is 4.98 Å². The maximum Gasteiger partial charge on any atom is 0.258 e. The van der Waals surface area contributed by atoms with Crippen molar-refractivity contribution in [2.24, 2.45) is 0 Å². The van der Waals surface area contributed by atoms with E-state index in [4.69, 9.17) is 27.9 Å². The van der Waals surface area contributed by atoms with Crippen molar-refractivity contribution in [2.45, 2.75) is 6.54 Å². The number of carbonyl (C=O) groups is 1. The fourth-order valence-electron chi connectivity index (χ4n) is 1.56. The summed E-state index contributed by atoms with van der Waals surface area (Å²) in [7, 11) is 0. The fourth-order valence-corrected chi connectivity index (χ4v) is 2.06. The minimum atomic E-state index is -0.207. The molecule has 1 amide bonds. The van der Waals surface area contributed by atoms with Crippen LogP contribution in [0.4, 0.5) is 0 Å². The quantitative estimate of drug-likeness (QED) is 0.891. The third-order valence-corrected chi connectivity index (χ3v) is 2.89. The summed E-state index contributed by atoms with van der Waals surface area (Å²) in [4.78, 5) is 15.5. The van der Waals surface area contributed by atoms with Crippen LogP contribution in [0.15, 0.2) is 36.9 Å². The lowest BCUT2D eigenvalue weighted by atomic mass is 10.3. The van der Waals surface area contributed by atoms with Crippen molar-refractivity contribution in [3.05, 3.63) is 47.0 Å². The first kappa shape index (κ1) is 14.7. The Balaban J connectivity index is 1.72. The SMILES string of the molecule is O=C(COc1cc(Cl)cc(Cl)c1)NCCn1ccnc1. The first-order chi connectivity index (χ1) is 9.63. The predicted molar refractivity (Wildman–Crippen MR) is 77.2 cm³/mol. The van der Waals surface area contributed by atoms with Crippen LogP contribution in [0.5, 0.6) is 5.75 Å². The van der Waals surface area contributed by atoms with Gasteiger partial charge < -0.3 is 14.6 Å². The van der Waals surface area contributed by atoms with Crippen molar-refractivity contribution >= 4 is 29.1 Å². The molecule has 0 unspecified atom stereocenters. The largest absolute Gasteiger partial charge is 0.484 e. The van der Waals surface area contributed by atoms with E-state index in [9.17, 15) is 4.79 Å². The number of hydrogen-bond donors (Lipinski definition) is 1. The molecule has 1 heterocycles. The number of nitrogens with zero attached hydrogens (tertiary/aromatic N) is 2. The van der Waals surface area contributed by atoms with Crippen LogP contribution in [-0.2, 0) is 11.3 Å². The molecule has 0 aliphatic heterocycles. The zero-order chi connectivity index (χ0) is 14.4. The molecule has 2 rings (SSSR count). The Bertz CT molecular complexity index is 553. The van der Waals surface area contributed by atoms with E-state index < -0.39 is 0 Å². The van der Waals surface area contributed by atoms with E-state index >= 15 is 0 Å². The van der Waals surface area contributed by atoms with Gasteiger partial charge >= 0.3 is 0 Å². The fraction of sp³-hybridized carbons (Fsp3) is 0.231. The number of ether oxygens (including phenoxy) is 1. The van der Waals surface area contributed by atoms with E-state index in [1.807, 2.05) is 10.8 Å². The molecule has 1 aromatic heterocycles. The van der Waals surface area contributed by atoms with Crippen LogP contribution < -0.4 is 10.1 Å². The highest BCUT2D eigenvalue weighted by molar-refractivity contribution is 6.34. The number of rotatable bonds is 6. The second kappa shape index (κ2) is 7.17. The van der Waals surface area contributed by atoms with Gasteiger partial charge in [-0.2, -0.15) is 0 Å². The lowest BCUT2D eigenvalue weighted by Gasteiger charge is -2.08. The molecular formula is C13H13Cl2N3O2. The van der Waals surface area contributed by atoms with Crippen molar-refractivity contribution < 1.29 is 9.53 Å². The molecule has 7 heteroatoms. The van der Waals surface area contributed by atoms with Crippen molar-refractivity contribution in [1.82, 2.24) is 14.9 Å². The maximum absolute atomic E-state index is 11.6. The Morgan fingerprint density at radius 1 is 1.30 bits per heavy atom. The zero-order valence-corrected chi connectivity index (χ0v) is 12.1. The Labute approximate surface area is 126 Å². The first-order valence-electron chi connectivity index (χ1n) is 5.95. The van der Waals surface area contributed by atoms with E-state index in [1.54, 1.807) is 30.7 Å². The van der Waals surface area contributed by atoms with Gasteiger partial charge in [-0.05, 0) is 18.2 Å². The number of nitrogens with one attached hydrogen (secondary N) is 1. The summed E-state index contributed by atoms with van der Waals surface area (Å²) < 4.78 is 7.19. The number of hydrogen-bond acceptors (Lipinski definition) is 3. The van der Waals surface area contributed by atoms with Crippen molar-refractivity contribution in [3.63, 3.8) is 0 Å². The predicted octanol–water partition coefficient (Wildman–Crippen LogP) is 2.39. The lowest BCUT2D eigenvalue weighted by Crippen LogP contribution is -2.31. The second-order valence-corrected chi connectivity index (χ2v) is 4.92. The van der Waals surface area contributed by atoms with E-state index in [0.717, 1.165) is 0 Å². The number of imidazole rings is 1. The van der Waals surface area contributed by atoms with Crippen LogP contribution in [0.25, 0.3) is 0 Å². The molecule has 5 nitrogen and oxygen atoms in total.